The highest BCUT2D eigenvalue weighted by atomic mass is 79.9. The molecule has 5 nitrogen and oxygen atoms in total. The fourth-order valence-electron chi connectivity index (χ4n) is 1.68. The van der Waals surface area contributed by atoms with Gasteiger partial charge in [0.2, 0.25) is 5.13 Å². The highest BCUT2D eigenvalue weighted by molar-refractivity contribution is 9.10. The summed E-state index contributed by atoms with van der Waals surface area (Å²) in [6.45, 7) is 4.01. The minimum Gasteiger partial charge on any atom is -0.493 e. The van der Waals surface area contributed by atoms with Crippen molar-refractivity contribution in [3.8, 4) is 11.5 Å². The summed E-state index contributed by atoms with van der Waals surface area (Å²) < 4.78 is 11.4. The van der Waals surface area contributed by atoms with E-state index in [1.165, 1.54) is 4.88 Å². The molecule has 21 heavy (non-hydrogen) atoms. The Bertz CT molecular complexity index is 651. The molecule has 7 heteroatoms. The highest BCUT2D eigenvalue weighted by Crippen LogP contribution is 2.36. The van der Waals surface area contributed by atoms with Crippen molar-refractivity contribution >= 4 is 38.6 Å². The van der Waals surface area contributed by atoms with Gasteiger partial charge in [0.1, 0.15) is 0 Å². The number of anilines is 1. The number of ether oxygens (including phenoxy) is 2. The molecule has 2 aromatic rings. The predicted molar refractivity (Wildman–Crippen MR) is 90.1 cm³/mol. The molecule has 1 aromatic heterocycles. The number of nitrogens with one attached hydrogen (secondary N) is 1. The predicted octanol–water partition coefficient (Wildman–Crippen LogP) is 3.99. The molecule has 0 amide bonds. The molecule has 0 bridgehead atoms. The number of hydrazone groups is 1. The van der Waals surface area contributed by atoms with Gasteiger partial charge < -0.3 is 9.47 Å². The first-order chi connectivity index (χ1) is 10.1. The van der Waals surface area contributed by atoms with Gasteiger partial charge in [-0.25, -0.2) is 4.98 Å². The van der Waals surface area contributed by atoms with E-state index in [9.17, 15) is 0 Å². The number of rotatable bonds is 5. The second-order valence-corrected chi connectivity index (χ2v) is 6.23. The number of benzene rings is 1. The molecule has 0 saturated heterocycles. The van der Waals surface area contributed by atoms with E-state index in [0.29, 0.717) is 11.5 Å². The molecular weight excluding hydrogens is 354 g/mol. The van der Waals surface area contributed by atoms with Gasteiger partial charge in [-0.3, -0.25) is 5.43 Å². The monoisotopic (exact) mass is 369 g/mol. The largest absolute Gasteiger partial charge is 0.493 e. The van der Waals surface area contributed by atoms with Crippen molar-refractivity contribution in [2.45, 2.75) is 13.8 Å². The smallest absolute Gasteiger partial charge is 0.203 e. The number of methoxy groups -OCH3 is 2. The molecule has 0 spiro atoms. The van der Waals surface area contributed by atoms with Crippen molar-refractivity contribution in [3.05, 3.63) is 32.7 Å². The summed E-state index contributed by atoms with van der Waals surface area (Å²) in [5.74, 6) is 1.31. The molecule has 1 N–H and O–H groups in total. The maximum Gasteiger partial charge on any atom is 0.203 e. The second-order valence-electron chi connectivity index (χ2n) is 4.23. The van der Waals surface area contributed by atoms with Crippen LogP contribution in [-0.4, -0.2) is 25.4 Å². The van der Waals surface area contributed by atoms with Gasteiger partial charge in [-0.1, -0.05) is 0 Å². The van der Waals surface area contributed by atoms with Crippen molar-refractivity contribution in [3.63, 3.8) is 0 Å². The van der Waals surface area contributed by atoms with Crippen molar-refractivity contribution in [1.82, 2.24) is 4.98 Å². The SMILES string of the molecule is COc1ccc(/C=N\Nc2nc(C)c(C)s2)c(Br)c1OC. The minimum atomic E-state index is 0.641. The van der Waals surface area contributed by atoms with Gasteiger partial charge >= 0.3 is 0 Å². The third-order valence-corrected chi connectivity index (χ3v) is 4.70. The molecule has 0 unspecified atom stereocenters. The van der Waals surface area contributed by atoms with Crippen LogP contribution in [0.3, 0.4) is 0 Å². The van der Waals surface area contributed by atoms with E-state index >= 15 is 0 Å². The van der Waals surface area contributed by atoms with Gasteiger partial charge in [-0.15, -0.1) is 11.3 Å². The maximum atomic E-state index is 5.33. The van der Waals surface area contributed by atoms with Crippen LogP contribution in [0.1, 0.15) is 16.1 Å². The Hall–Kier alpha value is -1.60. The Labute approximate surface area is 136 Å². The molecule has 0 aliphatic heterocycles. The molecule has 0 saturated carbocycles. The molecule has 112 valence electrons. The zero-order chi connectivity index (χ0) is 15.4. The van der Waals surface area contributed by atoms with Crippen LogP contribution in [0.4, 0.5) is 5.13 Å². The number of aryl methyl sites for hydroxylation is 2. The second kappa shape index (κ2) is 6.91. The summed E-state index contributed by atoms with van der Waals surface area (Å²) in [5.41, 5.74) is 4.83. The van der Waals surface area contributed by atoms with Crippen LogP contribution in [-0.2, 0) is 0 Å². The first-order valence-electron chi connectivity index (χ1n) is 6.20. The average Bonchev–Trinajstić information content (AvgIpc) is 2.79. The number of aromatic nitrogens is 1. The van der Waals surface area contributed by atoms with Crippen LogP contribution in [0.5, 0.6) is 11.5 Å². The minimum absolute atomic E-state index is 0.641. The number of thiazole rings is 1. The van der Waals surface area contributed by atoms with E-state index in [4.69, 9.17) is 9.47 Å². The topological polar surface area (TPSA) is 55.7 Å². The lowest BCUT2D eigenvalue weighted by atomic mass is 10.2. The molecule has 0 atom stereocenters. The lowest BCUT2D eigenvalue weighted by molar-refractivity contribution is 0.353. The van der Waals surface area contributed by atoms with E-state index in [2.05, 4.69) is 31.4 Å². The summed E-state index contributed by atoms with van der Waals surface area (Å²) in [5, 5.41) is 4.98. The Morgan fingerprint density at radius 2 is 2.05 bits per heavy atom. The molecule has 0 aliphatic rings. The maximum absolute atomic E-state index is 5.33. The zero-order valence-electron chi connectivity index (χ0n) is 12.2. The molecule has 0 fully saturated rings. The van der Waals surface area contributed by atoms with Crippen molar-refractivity contribution in [1.29, 1.82) is 0 Å². The molecular formula is C14H16BrN3O2S. The summed E-state index contributed by atoms with van der Waals surface area (Å²) in [6, 6.07) is 3.73. The quantitative estimate of drug-likeness (QED) is 0.639. The van der Waals surface area contributed by atoms with Gasteiger partial charge in [0.15, 0.2) is 11.5 Å². The summed E-state index contributed by atoms with van der Waals surface area (Å²) in [6.07, 6.45) is 1.71. The average molecular weight is 370 g/mol. The fourth-order valence-corrected chi connectivity index (χ4v) is 3.04. The zero-order valence-corrected chi connectivity index (χ0v) is 14.6. The number of hydrogen-bond acceptors (Lipinski definition) is 6. The fraction of sp³-hybridized carbons (Fsp3) is 0.286. The number of nitrogens with zero attached hydrogens (tertiary/aromatic N) is 2. The number of hydrogen-bond donors (Lipinski definition) is 1. The van der Waals surface area contributed by atoms with Gasteiger partial charge in [-0.2, -0.15) is 5.10 Å². The summed E-state index contributed by atoms with van der Waals surface area (Å²) in [4.78, 5) is 5.54. The van der Waals surface area contributed by atoms with Crippen LogP contribution in [0.2, 0.25) is 0 Å². The van der Waals surface area contributed by atoms with E-state index in [1.54, 1.807) is 31.8 Å². The molecule has 0 radical (unpaired) electrons. The Morgan fingerprint density at radius 3 is 2.62 bits per heavy atom. The normalized spacial score (nSPS) is 10.9. The van der Waals surface area contributed by atoms with E-state index in [-0.39, 0.29) is 0 Å². The van der Waals surface area contributed by atoms with Crippen LogP contribution in [0.25, 0.3) is 0 Å². The lowest BCUT2D eigenvalue weighted by Gasteiger charge is -2.10. The van der Waals surface area contributed by atoms with E-state index in [0.717, 1.165) is 20.9 Å². The van der Waals surface area contributed by atoms with Gasteiger partial charge in [0.25, 0.3) is 0 Å². The Balaban J connectivity index is 2.17. The molecule has 1 heterocycles. The van der Waals surface area contributed by atoms with Crippen LogP contribution in [0.15, 0.2) is 21.7 Å². The first kappa shape index (κ1) is 15.8. The molecule has 1 aromatic carbocycles. The Morgan fingerprint density at radius 1 is 1.29 bits per heavy atom. The van der Waals surface area contributed by atoms with Gasteiger partial charge in [-0.05, 0) is 41.9 Å². The lowest BCUT2D eigenvalue weighted by Crippen LogP contribution is -1.96. The third kappa shape index (κ3) is 3.54. The third-order valence-electron chi connectivity index (χ3n) is 2.91. The molecule has 0 aliphatic carbocycles. The van der Waals surface area contributed by atoms with Crippen molar-refractivity contribution in [2.24, 2.45) is 5.10 Å². The van der Waals surface area contributed by atoms with Gasteiger partial charge in [0, 0.05) is 10.4 Å². The standard InChI is InChI=1S/C14H16BrN3O2S/c1-8-9(2)21-14(17-8)18-16-7-10-5-6-11(19-3)13(20-4)12(10)15/h5-7H,1-4H3,(H,17,18)/b16-7-. The highest BCUT2D eigenvalue weighted by Gasteiger charge is 2.11. The summed E-state index contributed by atoms with van der Waals surface area (Å²) in [7, 11) is 3.20. The molecule has 2 rings (SSSR count). The van der Waals surface area contributed by atoms with Crippen LogP contribution < -0.4 is 14.9 Å². The number of halogens is 1. The van der Waals surface area contributed by atoms with Crippen molar-refractivity contribution < 1.29 is 9.47 Å². The first-order valence-corrected chi connectivity index (χ1v) is 7.81. The Kier molecular flexibility index (Phi) is 5.19. The van der Waals surface area contributed by atoms with Crippen LogP contribution in [0, 0.1) is 13.8 Å². The van der Waals surface area contributed by atoms with E-state index < -0.39 is 0 Å². The van der Waals surface area contributed by atoms with Crippen molar-refractivity contribution in [2.75, 3.05) is 19.6 Å². The van der Waals surface area contributed by atoms with E-state index in [1.807, 2.05) is 26.0 Å². The van der Waals surface area contributed by atoms with Gasteiger partial charge in [0.05, 0.1) is 30.6 Å². The summed E-state index contributed by atoms with van der Waals surface area (Å²) >= 11 is 5.07. The van der Waals surface area contributed by atoms with Crippen LogP contribution >= 0.6 is 27.3 Å².